The summed E-state index contributed by atoms with van der Waals surface area (Å²) in [5.74, 6) is -0.283. The van der Waals surface area contributed by atoms with E-state index in [1.807, 2.05) is 41.8 Å². The van der Waals surface area contributed by atoms with Crippen molar-refractivity contribution in [1.29, 1.82) is 0 Å². The van der Waals surface area contributed by atoms with Crippen molar-refractivity contribution in [2.24, 2.45) is 0 Å². The SMILES string of the molecule is COc1cccc(-n2nc(C)c(C(=O)O)c2-c2cccs2)c1. The molecule has 0 saturated carbocycles. The Labute approximate surface area is 131 Å². The number of carbonyl (C=O) groups is 1. The monoisotopic (exact) mass is 314 g/mol. The van der Waals surface area contributed by atoms with E-state index in [-0.39, 0.29) is 5.56 Å². The second-order valence-corrected chi connectivity index (χ2v) is 5.65. The van der Waals surface area contributed by atoms with Crippen molar-refractivity contribution in [3.8, 4) is 22.0 Å². The Hall–Kier alpha value is -2.60. The smallest absolute Gasteiger partial charge is 0.339 e. The minimum Gasteiger partial charge on any atom is -0.497 e. The number of ether oxygens (including phenoxy) is 1. The van der Waals surface area contributed by atoms with Crippen LogP contribution < -0.4 is 4.74 Å². The molecule has 0 bridgehead atoms. The third-order valence-corrected chi connectivity index (χ3v) is 4.20. The molecule has 3 rings (SSSR count). The average molecular weight is 314 g/mol. The molecule has 22 heavy (non-hydrogen) atoms. The van der Waals surface area contributed by atoms with Gasteiger partial charge in [-0.25, -0.2) is 9.48 Å². The molecule has 0 radical (unpaired) electrons. The number of carboxylic acid groups (broad SMARTS) is 1. The van der Waals surface area contributed by atoms with Gasteiger partial charge in [0.25, 0.3) is 0 Å². The normalized spacial score (nSPS) is 10.6. The Bertz CT molecular complexity index is 822. The van der Waals surface area contributed by atoms with Crippen molar-refractivity contribution in [1.82, 2.24) is 9.78 Å². The molecule has 3 aromatic rings. The molecule has 2 aromatic heterocycles. The van der Waals surface area contributed by atoms with E-state index in [0.717, 1.165) is 10.6 Å². The number of nitrogens with zero attached hydrogens (tertiary/aromatic N) is 2. The number of carboxylic acids is 1. The first-order valence-corrected chi connectivity index (χ1v) is 7.51. The van der Waals surface area contributed by atoms with Gasteiger partial charge in [-0.05, 0) is 30.5 Å². The van der Waals surface area contributed by atoms with Crippen molar-refractivity contribution in [3.63, 3.8) is 0 Å². The molecule has 0 aliphatic rings. The quantitative estimate of drug-likeness (QED) is 0.799. The summed E-state index contributed by atoms with van der Waals surface area (Å²) < 4.78 is 6.90. The van der Waals surface area contributed by atoms with Gasteiger partial charge < -0.3 is 9.84 Å². The minimum absolute atomic E-state index is 0.227. The van der Waals surface area contributed by atoms with E-state index >= 15 is 0 Å². The van der Waals surface area contributed by atoms with Gasteiger partial charge in [0.15, 0.2) is 0 Å². The summed E-state index contributed by atoms with van der Waals surface area (Å²) in [5, 5.41) is 15.9. The number of benzene rings is 1. The molecular formula is C16H14N2O3S. The van der Waals surface area contributed by atoms with Gasteiger partial charge in [0, 0.05) is 6.07 Å². The van der Waals surface area contributed by atoms with Gasteiger partial charge in [0.1, 0.15) is 11.3 Å². The molecule has 0 fully saturated rings. The van der Waals surface area contributed by atoms with Gasteiger partial charge >= 0.3 is 5.97 Å². The highest BCUT2D eigenvalue weighted by Crippen LogP contribution is 2.32. The summed E-state index contributed by atoms with van der Waals surface area (Å²) in [7, 11) is 1.59. The van der Waals surface area contributed by atoms with Crippen molar-refractivity contribution >= 4 is 17.3 Å². The summed E-state index contributed by atoms with van der Waals surface area (Å²) in [5.41, 5.74) is 2.07. The number of rotatable bonds is 4. The lowest BCUT2D eigenvalue weighted by atomic mass is 10.1. The predicted octanol–water partition coefficient (Wildman–Crippen LogP) is 3.62. The Morgan fingerprint density at radius 1 is 1.32 bits per heavy atom. The molecule has 0 atom stereocenters. The lowest BCUT2D eigenvalue weighted by Crippen LogP contribution is -2.02. The van der Waals surface area contributed by atoms with E-state index in [4.69, 9.17) is 4.74 Å². The van der Waals surface area contributed by atoms with Crippen LogP contribution in [0, 0.1) is 6.92 Å². The molecule has 2 heterocycles. The van der Waals surface area contributed by atoms with Crippen molar-refractivity contribution in [3.05, 3.63) is 53.0 Å². The standard InChI is InChI=1S/C16H14N2O3S/c1-10-14(16(19)20)15(13-7-4-8-22-13)18(17-10)11-5-3-6-12(9-11)21-2/h3-9H,1-2H3,(H,19,20). The zero-order valence-corrected chi connectivity index (χ0v) is 12.9. The van der Waals surface area contributed by atoms with Crippen LogP contribution >= 0.6 is 11.3 Å². The van der Waals surface area contributed by atoms with Crippen LogP contribution in [0.3, 0.4) is 0 Å². The minimum atomic E-state index is -0.977. The first-order valence-electron chi connectivity index (χ1n) is 6.63. The second kappa shape index (κ2) is 5.65. The number of hydrogen-bond donors (Lipinski definition) is 1. The molecule has 112 valence electrons. The fourth-order valence-corrected chi connectivity index (χ4v) is 3.11. The first-order chi connectivity index (χ1) is 10.6. The van der Waals surface area contributed by atoms with Crippen LogP contribution in [0.1, 0.15) is 16.1 Å². The maximum Gasteiger partial charge on any atom is 0.339 e. The van der Waals surface area contributed by atoms with Crippen molar-refractivity contribution in [2.75, 3.05) is 7.11 Å². The largest absolute Gasteiger partial charge is 0.497 e. The van der Waals surface area contributed by atoms with E-state index in [1.165, 1.54) is 11.3 Å². The summed E-state index contributed by atoms with van der Waals surface area (Å²) in [6, 6.07) is 11.2. The number of thiophene rings is 1. The zero-order chi connectivity index (χ0) is 15.7. The van der Waals surface area contributed by atoms with Gasteiger partial charge in [-0.3, -0.25) is 0 Å². The van der Waals surface area contributed by atoms with E-state index < -0.39 is 5.97 Å². The molecule has 5 nitrogen and oxygen atoms in total. The van der Waals surface area contributed by atoms with Gasteiger partial charge in [-0.15, -0.1) is 11.3 Å². The van der Waals surface area contributed by atoms with E-state index in [9.17, 15) is 9.90 Å². The Kier molecular flexibility index (Phi) is 3.68. The third kappa shape index (κ3) is 2.37. The van der Waals surface area contributed by atoms with Crippen LogP contribution in [-0.2, 0) is 0 Å². The van der Waals surface area contributed by atoms with Gasteiger partial charge in [-0.2, -0.15) is 5.10 Å². The summed E-state index contributed by atoms with van der Waals surface area (Å²) in [6.45, 7) is 1.71. The highest BCUT2D eigenvalue weighted by atomic mass is 32.1. The highest BCUT2D eigenvalue weighted by molar-refractivity contribution is 7.13. The number of aryl methyl sites for hydroxylation is 1. The molecule has 1 aromatic carbocycles. The highest BCUT2D eigenvalue weighted by Gasteiger charge is 2.23. The predicted molar refractivity (Wildman–Crippen MR) is 85.1 cm³/mol. The zero-order valence-electron chi connectivity index (χ0n) is 12.1. The van der Waals surface area contributed by atoms with Crippen LogP contribution in [0.15, 0.2) is 41.8 Å². The molecule has 0 amide bonds. The number of aromatic nitrogens is 2. The maximum atomic E-state index is 11.6. The topological polar surface area (TPSA) is 64.4 Å². The fourth-order valence-electron chi connectivity index (χ4n) is 2.35. The molecule has 1 N–H and O–H groups in total. The summed E-state index contributed by atoms with van der Waals surface area (Å²) in [4.78, 5) is 12.5. The third-order valence-electron chi connectivity index (χ3n) is 3.33. The van der Waals surface area contributed by atoms with Crippen LogP contribution in [0.2, 0.25) is 0 Å². The first kappa shape index (κ1) is 14.3. The molecular weight excluding hydrogens is 300 g/mol. The number of methoxy groups -OCH3 is 1. The second-order valence-electron chi connectivity index (χ2n) is 4.70. The van der Waals surface area contributed by atoms with Crippen molar-refractivity contribution in [2.45, 2.75) is 6.92 Å². The lowest BCUT2D eigenvalue weighted by molar-refractivity contribution is 0.0697. The van der Waals surface area contributed by atoms with Crippen LogP contribution in [-0.4, -0.2) is 28.0 Å². The number of aromatic carboxylic acids is 1. The molecule has 0 spiro atoms. The van der Waals surface area contributed by atoms with E-state index in [0.29, 0.717) is 17.1 Å². The van der Waals surface area contributed by atoms with E-state index in [1.54, 1.807) is 18.7 Å². The van der Waals surface area contributed by atoms with Crippen molar-refractivity contribution < 1.29 is 14.6 Å². The van der Waals surface area contributed by atoms with Gasteiger partial charge in [-0.1, -0.05) is 12.1 Å². The van der Waals surface area contributed by atoms with Gasteiger partial charge in [0.05, 0.1) is 29.1 Å². The van der Waals surface area contributed by atoms with Gasteiger partial charge in [0.2, 0.25) is 0 Å². The number of hydrogen-bond acceptors (Lipinski definition) is 4. The molecule has 0 aliphatic carbocycles. The molecule has 0 aliphatic heterocycles. The molecule has 0 saturated heterocycles. The summed E-state index contributed by atoms with van der Waals surface area (Å²) >= 11 is 1.48. The van der Waals surface area contributed by atoms with Crippen LogP contribution in [0.4, 0.5) is 0 Å². The Morgan fingerprint density at radius 2 is 2.14 bits per heavy atom. The summed E-state index contributed by atoms with van der Waals surface area (Å²) in [6.07, 6.45) is 0. The molecule has 6 heteroatoms. The lowest BCUT2D eigenvalue weighted by Gasteiger charge is -2.08. The molecule has 0 unspecified atom stereocenters. The Morgan fingerprint density at radius 3 is 2.77 bits per heavy atom. The Balaban J connectivity index is 2.28. The van der Waals surface area contributed by atoms with Crippen LogP contribution in [0.25, 0.3) is 16.3 Å². The maximum absolute atomic E-state index is 11.6. The van der Waals surface area contributed by atoms with E-state index in [2.05, 4.69) is 5.10 Å². The fraction of sp³-hybridized carbons (Fsp3) is 0.125. The average Bonchev–Trinajstić information content (AvgIpc) is 3.14. The van der Waals surface area contributed by atoms with Crippen LogP contribution in [0.5, 0.6) is 5.75 Å².